The number of halogens is 1. The van der Waals surface area contributed by atoms with Gasteiger partial charge in [0.15, 0.2) is 0 Å². The number of hydrogen-bond acceptors (Lipinski definition) is 4. The molecule has 1 aliphatic heterocycles. The van der Waals surface area contributed by atoms with Gasteiger partial charge < -0.3 is 4.74 Å². The summed E-state index contributed by atoms with van der Waals surface area (Å²) in [4.78, 5) is 0.283. The molecule has 1 saturated heterocycles. The van der Waals surface area contributed by atoms with E-state index >= 15 is 0 Å². The molecule has 0 N–H and O–H groups in total. The van der Waals surface area contributed by atoms with Crippen molar-refractivity contribution in [3.63, 3.8) is 0 Å². The first-order chi connectivity index (χ1) is 9.88. The van der Waals surface area contributed by atoms with Gasteiger partial charge in [-0.15, -0.1) is 11.6 Å². The minimum absolute atomic E-state index is 0.217. The molecule has 0 aliphatic carbocycles. The van der Waals surface area contributed by atoms with Crippen LogP contribution in [0.5, 0.6) is 5.75 Å². The monoisotopic (exact) mass is 349 g/mol. The standard InChI is InChI=1S/C14H20ClNO3S2/c1-10-8-16(9-11(2)20-10)21(17,18)13-4-5-14(19-3)12(6-13)7-15/h4-6,10-11H,7-9H2,1-3H3. The van der Waals surface area contributed by atoms with Crippen LogP contribution in [-0.4, -0.2) is 43.4 Å². The molecule has 2 unspecified atom stereocenters. The molecule has 118 valence electrons. The Balaban J connectivity index is 2.35. The van der Waals surface area contributed by atoms with E-state index < -0.39 is 10.0 Å². The lowest BCUT2D eigenvalue weighted by Crippen LogP contribution is -2.43. The van der Waals surface area contributed by atoms with Crippen molar-refractivity contribution >= 4 is 33.4 Å². The highest BCUT2D eigenvalue weighted by molar-refractivity contribution is 8.00. The van der Waals surface area contributed by atoms with Crippen molar-refractivity contribution in [3.05, 3.63) is 23.8 Å². The largest absolute Gasteiger partial charge is 0.496 e. The number of ether oxygens (including phenoxy) is 1. The predicted molar refractivity (Wildman–Crippen MR) is 87.8 cm³/mol. The van der Waals surface area contributed by atoms with Gasteiger partial charge in [0.1, 0.15) is 5.75 Å². The van der Waals surface area contributed by atoms with Crippen LogP contribution in [-0.2, 0) is 15.9 Å². The van der Waals surface area contributed by atoms with E-state index in [4.69, 9.17) is 16.3 Å². The van der Waals surface area contributed by atoms with Crippen LogP contribution < -0.4 is 4.74 Å². The van der Waals surface area contributed by atoms with Crippen LogP contribution in [0.4, 0.5) is 0 Å². The van der Waals surface area contributed by atoms with Gasteiger partial charge >= 0.3 is 0 Å². The lowest BCUT2D eigenvalue weighted by molar-refractivity contribution is 0.403. The minimum Gasteiger partial charge on any atom is -0.496 e. The Morgan fingerprint density at radius 1 is 1.33 bits per heavy atom. The van der Waals surface area contributed by atoms with Gasteiger partial charge in [-0.05, 0) is 18.2 Å². The summed E-state index contributed by atoms with van der Waals surface area (Å²) >= 11 is 7.70. The number of methoxy groups -OCH3 is 1. The molecule has 21 heavy (non-hydrogen) atoms. The van der Waals surface area contributed by atoms with Crippen molar-refractivity contribution in [2.24, 2.45) is 0 Å². The third-order valence-corrected chi connectivity index (χ3v) is 6.76. The topological polar surface area (TPSA) is 46.6 Å². The van der Waals surface area contributed by atoms with Crippen molar-refractivity contribution in [1.82, 2.24) is 4.31 Å². The third kappa shape index (κ3) is 3.67. The van der Waals surface area contributed by atoms with Crippen molar-refractivity contribution in [1.29, 1.82) is 0 Å². The van der Waals surface area contributed by atoms with Gasteiger partial charge in [0.25, 0.3) is 0 Å². The maximum atomic E-state index is 12.8. The molecule has 0 aromatic heterocycles. The highest BCUT2D eigenvalue weighted by Gasteiger charge is 2.32. The van der Waals surface area contributed by atoms with Crippen LogP contribution in [0.2, 0.25) is 0 Å². The average molecular weight is 350 g/mol. The second-order valence-electron chi connectivity index (χ2n) is 5.19. The second-order valence-corrected chi connectivity index (χ2v) is 9.27. The van der Waals surface area contributed by atoms with E-state index in [1.165, 1.54) is 0 Å². The van der Waals surface area contributed by atoms with Gasteiger partial charge in [-0.25, -0.2) is 8.42 Å². The number of thioether (sulfide) groups is 1. The molecule has 1 fully saturated rings. The number of hydrogen-bond donors (Lipinski definition) is 0. The Morgan fingerprint density at radius 2 is 1.95 bits per heavy atom. The zero-order chi connectivity index (χ0) is 15.6. The summed E-state index contributed by atoms with van der Waals surface area (Å²) in [5.74, 6) is 0.828. The summed E-state index contributed by atoms with van der Waals surface area (Å²) < 4.78 is 32.3. The summed E-state index contributed by atoms with van der Waals surface area (Å²) in [6.45, 7) is 5.20. The Bertz CT molecular complexity index is 596. The van der Waals surface area contributed by atoms with Crippen LogP contribution in [0.3, 0.4) is 0 Å². The smallest absolute Gasteiger partial charge is 0.243 e. The highest BCUT2D eigenvalue weighted by atomic mass is 35.5. The van der Waals surface area contributed by atoms with E-state index in [-0.39, 0.29) is 10.8 Å². The van der Waals surface area contributed by atoms with Crippen molar-refractivity contribution in [2.75, 3.05) is 20.2 Å². The van der Waals surface area contributed by atoms with Gasteiger partial charge in [0.2, 0.25) is 10.0 Å². The van der Waals surface area contributed by atoms with Crippen LogP contribution in [0, 0.1) is 0 Å². The molecule has 1 aromatic rings. The molecule has 2 rings (SSSR count). The summed E-state index contributed by atoms with van der Waals surface area (Å²) in [5, 5.41) is 0.601. The summed E-state index contributed by atoms with van der Waals surface area (Å²) in [6, 6.07) is 4.86. The van der Waals surface area contributed by atoms with Gasteiger partial charge in [0, 0.05) is 29.2 Å². The zero-order valence-electron chi connectivity index (χ0n) is 12.4. The molecular formula is C14H20ClNO3S2. The molecule has 4 nitrogen and oxygen atoms in total. The van der Waals surface area contributed by atoms with E-state index in [1.54, 1.807) is 29.6 Å². The normalized spacial score (nSPS) is 24.0. The number of benzene rings is 1. The molecule has 0 radical (unpaired) electrons. The number of nitrogens with zero attached hydrogens (tertiary/aromatic N) is 1. The quantitative estimate of drug-likeness (QED) is 0.784. The molecule has 0 bridgehead atoms. The Hall–Kier alpha value is -0.430. The fourth-order valence-electron chi connectivity index (χ4n) is 2.50. The van der Waals surface area contributed by atoms with Crippen molar-refractivity contribution in [2.45, 2.75) is 35.1 Å². The molecule has 2 atom stereocenters. The maximum Gasteiger partial charge on any atom is 0.243 e. The molecule has 7 heteroatoms. The fourth-order valence-corrected chi connectivity index (χ4v) is 5.89. The molecule has 1 heterocycles. The number of rotatable bonds is 4. The fraction of sp³-hybridized carbons (Fsp3) is 0.571. The van der Waals surface area contributed by atoms with Crippen molar-refractivity contribution in [3.8, 4) is 5.75 Å². The molecule has 0 spiro atoms. The molecule has 1 aromatic carbocycles. The van der Waals surface area contributed by atoms with E-state index in [9.17, 15) is 8.42 Å². The maximum absolute atomic E-state index is 12.8. The Labute approximate surface area is 135 Å². The summed E-state index contributed by atoms with van der Waals surface area (Å²) in [5.41, 5.74) is 0.688. The zero-order valence-corrected chi connectivity index (χ0v) is 14.8. The van der Waals surface area contributed by atoms with Crippen LogP contribution in [0.15, 0.2) is 23.1 Å². The Morgan fingerprint density at radius 3 is 2.48 bits per heavy atom. The predicted octanol–water partition coefficient (Wildman–Crippen LogP) is 2.95. The first-order valence-electron chi connectivity index (χ1n) is 6.77. The first kappa shape index (κ1) is 16.9. The SMILES string of the molecule is COc1ccc(S(=O)(=O)N2CC(C)SC(C)C2)cc1CCl. The van der Waals surface area contributed by atoms with E-state index in [2.05, 4.69) is 13.8 Å². The molecule has 1 aliphatic rings. The van der Waals surface area contributed by atoms with Crippen molar-refractivity contribution < 1.29 is 13.2 Å². The number of alkyl halides is 1. The molecule has 0 amide bonds. The second kappa shape index (κ2) is 6.77. The van der Waals surface area contributed by atoms with Gasteiger partial charge in [-0.2, -0.15) is 16.1 Å². The lowest BCUT2D eigenvalue weighted by Gasteiger charge is -2.33. The van der Waals surface area contributed by atoms with E-state index in [0.29, 0.717) is 34.9 Å². The highest BCUT2D eigenvalue weighted by Crippen LogP contribution is 2.31. The first-order valence-corrected chi connectivity index (χ1v) is 9.68. The van der Waals surface area contributed by atoms with E-state index in [1.807, 2.05) is 11.8 Å². The lowest BCUT2D eigenvalue weighted by atomic mass is 10.2. The average Bonchev–Trinajstić information content (AvgIpc) is 2.45. The summed E-state index contributed by atoms with van der Waals surface area (Å²) in [7, 11) is -1.93. The minimum atomic E-state index is -3.48. The van der Waals surface area contributed by atoms with Gasteiger partial charge in [0.05, 0.1) is 17.9 Å². The van der Waals surface area contributed by atoms with Crippen LogP contribution >= 0.6 is 23.4 Å². The molecular weight excluding hydrogens is 330 g/mol. The van der Waals surface area contributed by atoms with Gasteiger partial charge in [-0.3, -0.25) is 0 Å². The number of sulfonamides is 1. The van der Waals surface area contributed by atoms with E-state index in [0.717, 1.165) is 0 Å². The molecule has 0 saturated carbocycles. The summed E-state index contributed by atoms with van der Waals surface area (Å²) in [6.07, 6.45) is 0. The Kier molecular flexibility index (Phi) is 5.46. The van der Waals surface area contributed by atoms with Crippen LogP contribution in [0.25, 0.3) is 0 Å². The van der Waals surface area contributed by atoms with Gasteiger partial charge in [-0.1, -0.05) is 13.8 Å². The van der Waals surface area contributed by atoms with Crippen LogP contribution in [0.1, 0.15) is 19.4 Å². The third-order valence-electron chi connectivity index (χ3n) is 3.42.